The molecule has 160 valence electrons. The van der Waals surface area contributed by atoms with Crippen LogP contribution in [-0.4, -0.2) is 31.5 Å². The molecule has 7 heteroatoms. The number of ether oxygens (including phenoxy) is 4. The fourth-order valence-corrected chi connectivity index (χ4v) is 3.18. The third-order valence-corrected chi connectivity index (χ3v) is 4.31. The van der Waals surface area contributed by atoms with Crippen LogP contribution >= 0.6 is 0 Å². The Bertz CT molecular complexity index is 1090. The molecule has 0 spiro atoms. The quantitative estimate of drug-likeness (QED) is 0.540. The van der Waals surface area contributed by atoms with Crippen molar-refractivity contribution in [3.8, 4) is 40.1 Å². The van der Waals surface area contributed by atoms with Crippen molar-refractivity contribution < 1.29 is 28.5 Å². The zero-order valence-electron chi connectivity index (χ0n) is 17.6. The Labute approximate surface area is 174 Å². The molecule has 1 heterocycles. The third kappa shape index (κ3) is 4.15. The molecular weight excluding hydrogens is 388 g/mol. The summed E-state index contributed by atoms with van der Waals surface area (Å²) in [4.78, 5) is 13.2. The second-order valence-corrected chi connectivity index (χ2v) is 6.29. The molecule has 0 aliphatic heterocycles. The van der Waals surface area contributed by atoms with E-state index in [4.69, 9.17) is 23.4 Å². The predicted molar refractivity (Wildman–Crippen MR) is 114 cm³/mol. The number of benzene rings is 2. The Balaban J connectivity index is 2.31. The van der Waals surface area contributed by atoms with E-state index in [0.717, 1.165) is 0 Å². The zero-order chi connectivity index (χ0) is 21.7. The maximum absolute atomic E-state index is 13.2. The number of phenols is 1. The summed E-state index contributed by atoms with van der Waals surface area (Å²) in [6.07, 6.45) is 0. The highest BCUT2D eigenvalue weighted by atomic mass is 16.5. The summed E-state index contributed by atoms with van der Waals surface area (Å²) in [5, 5.41) is 10.4. The van der Waals surface area contributed by atoms with Crippen LogP contribution in [0.15, 0.2) is 39.5 Å². The standard InChI is InChI=1S/C23H26O7/c1-5-26-14-9-10-16(18(12-14)28-7-3)22-23(29-8-4)21(25)20-17(24)11-15(27-6-2)13-19(20)30-22/h9-13,24H,5-8H2,1-4H3. The molecule has 3 rings (SSSR count). The molecule has 0 saturated heterocycles. The SMILES string of the molecule is CCOc1ccc(-c2oc3cc(OCC)cc(O)c3c(=O)c2OCC)c(OCC)c1. The summed E-state index contributed by atoms with van der Waals surface area (Å²) in [5.41, 5.74) is 0.271. The van der Waals surface area contributed by atoms with Gasteiger partial charge in [-0.3, -0.25) is 4.79 Å². The predicted octanol–water partition coefficient (Wildman–Crippen LogP) is 4.76. The lowest BCUT2D eigenvalue weighted by molar-refractivity contribution is 0.319. The van der Waals surface area contributed by atoms with Gasteiger partial charge in [0.1, 0.15) is 34.0 Å². The van der Waals surface area contributed by atoms with E-state index in [1.807, 2.05) is 20.8 Å². The number of hydrogen-bond acceptors (Lipinski definition) is 7. The van der Waals surface area contributed by atoms with Crippen molar-refractivity contribution >= 4 is 11.0 Å². The van der Waals surface area contributed by atoms with Gasteiger partial charge in [-0.15, -0.1) is 0 Å². The molecule has 1 N–H and O–H groups in total. The van der Waals surface area contributed by atoms with E-state index in [-0.39, 0.29) is 34.8 Å². The van der Waals surface area contributed by atoms with Gasteiger partial charge in [0.15, 0.2) is 5.76 Å². The van der Waals surface area contributed by atoms with Gasteiger partial charge in [-0.2, -0.15) is 0 Å². The minimum atomic E-state index is -0.468. The van der Waals surface area contributed by atoms with Crippen molar-refractivity contribution in [1.82, 2.24) is 0 Å². The van der Waals surface area contributed by atoms with Gasteiger partial charge in [-0.25, -0.2) is 0 Å². The molecule has 0 radical (unpaired) electrons. The molecule has 30 heavy (non-hydrogen) atoms. The molecule has 1 aromatic heterocycles. The highest BCUT2D eigenvalue weighted by Gasteiger charge is 2.23. The molecule has 0 bridgehead atoms. The Morgan fingerprint density at radius 3 is 2.17 bits per heavy atom. The lowest BCUT2D eigenvalue weighted by atomic mass is 10.1. The van der Waals surface area contributed by atoms with Gasteiger partial charge in [0, 0.05) is 18.2 Å². The lowest BCUT2D eigenvalue weighted by Crippen LogP contribution is -2.11. The molecule has 0 saturated carbocycles. The monoisotopic (exact) mass is 414 g/mol. The second kappa shape index (κ2) is 9.43. The average molecular weight is 414 g/mol. The number of hydrogen-bond donors (Lipinski definition) is 1. The van der Waals surface area contributed by atoms with Crippen LogP contribution in [0.2, 0.25) is 0 Å². The van der Waals surface area contributed by atoms with Gasteiger partial charge < -0.3 is 28.5 Å². The van der Waals surface area contributed by atoms with Gasteiger partial charge in [0.25, 0.3) is 0 Å². The second-order valence-electron chi connectivity index (χ2n) is 6.29. The Morgan fingerprint density at radius 2 is 1.50 bits per heavy atom. The van der Waals surface area contributed by atoms with Crippen LogP contribution in [0.4, 0.5) is 0 Å². The van der Waals surface area contributed by atoms with Crippen LogP contribution in [0, 0.1) is 0 Å². The van der Waals surface area contributed by atoms with Crippen LogP contribution in [0.3, 0.4) is 0 Å². The normalized spacial score (nSPS) is 10.8. The smallest absolute Gasteiger partial charge is 0.239 e. The Morgan fingerprint density at radius 1 is 0.833 bits per heavy atom. The van der Waals surface area contributed by atoms with Crippen molar-refractivity contribution in [2.45, 2.75) is 27.7 Å². The summed E-state index contributed by atoms with van der Waals surface area (Å²) >= 11 is 0. The number of rotatable bonds is 9. The van der Waals surface area contributed by atoms with Crippen LogP contribution in [0.25, 0.3) is 22.3 Å². The van der Waals surface area contributed by atoms with E-state index < -0.39 is 5.43 Å². The van der Waals surface area contributed by atoms with Crippen molar-refractivity contribution in [1.29, 1.82) is 0 Å². The summed E-state index contributed by atoms with van der Waals surface area (Å²) in [7, 11) is 0. The summed E-state index contributed by atoms with van der Waals surface area (Å²) in [6, 6.07) is 8.25. The first kappa shape index (κ1) is 21.4. The van der Waals surface area contributed by atoms with Crippen LogP contribution in [0.5, 0.6) is 28.7 Å². The minimum Gasteiger partial charge on any atom is -0.507 e. The van der Waals surface area contributed by atoms with Gasteiger partial charge in [0.05, 0.1) is 32.0 Å². The van der Waals surface area contributed by atoms with E-state index in [9.17, 15) is 9.90 Å². The maximum Gasteiger partial charge on any atom is 0.239 e. The van der Waals surface area contributed by atoms with E-state index in [0.29, 0.717) is 42.6 Å². The third-order valence-electron chi connectivity index (χ3n) is 4.31. The average Bonchev–Trinajstić information content (AvgIpc) is 2.71. The van der Waals surface area contributed by atoms with Gasteiger partial charge >= 0.3 is 0 Å². The molecule has 0 atom stereocenters. The van der Waals surface area contributed by atoms with E-state index in [1.165, 1.54) is 6.07 Å². The van der Waals surface area contributed by atoms with E-state index >= 15 is 0 Å². The van der Waals surface area contributed by atoms with Crippen molar-refractivity contribution in [3.63, 3.8) is 0 Å². The van der Waals surface area contributed by atoms with E-state index in [2.05, 4.69) is 0 Å². The molecule has 2 aromatic carbocycles. The summed E-state index contributed by atoms with van der Waals surface area (Å²) < 4.78 is 28.5. The lowest BCUT2D eigenvalue weighted by Gasteiger charge is -2.16. The fraction of sp³-hybridized carbons (Fsp3) is 0.348. The van der Waals surface area contributed by atoms with Gasteiger partial charge in [-0.1, -0.05) is 0 Å². The van der Waals surface area contributed by atoms with Crippen molar-refractivity contribution in [3.05, 3.63) is 40.6 Å². The van der Waals surface area contributed by atoms with E-state index in [1.54, 1.807) is 31.2 Å². The summed E-state index contributed by atoms with van der Waals surface area (Å²) in [6.45, 7) is 8.95. The Hall–Kier alpha value is -3.35. The number of fused-ring (bicyclic) bond motifs is 1. The van der Waals surface area contributed by atoms with Gasteiger partial charge in [-0.05, 0) is 39.8 Å². The van der Waals surface area contributed by atoms with Crippen molar-refractivity contribution in [2.75, 3.05) is 26.4 Å². The number of phenolic OH excluding ortho intramolecular Hbond substituents is 1. The highest BCUT2D eigenvalue weighted by molar-refractivity contribution is 5.89. The van der Waals surface area contributed by atoms with Crippen LogP contribution in [0.1, 0.15) is 27.7 Å². The molecule has 0 unspecified atom stereocenters. The Kier molecular flexibility index (Phi) is 6.72. The molecule has 0 fully saturated rings. The first-order valence-electron chi connectivity index (χ1n) is 10.0. The zero-order valence-corrected chi connectivity index (χ0v) is 17.6. The topological polar surface area (TPSA) is 87.4 Å². The fourth-order valence-electron chi connectivity index (χ4n) is 3.18. The minimum absolute atomic E-state index is 0.00886. The molecule has 0 aliphatic carbocycles. The number of aromatic hydroxyl groups is 1. The molecule has 7 nitrogen and oxygen atoms in total. The molecule has 0 aliphatic rings. The van der Waals surface area contributed by atoms with Crippen molar-refractivity contribution in [2.24, 2.45) is 0 Å². The maximum atomic E-state index is 13.2. The summed E-state index contributed by atoms with van der Waals surface area (Å²) in [5.74, 6) is 1.54. The van der Waals surface area contributed by atoms with Crippen LogP contribution < -0.4 is 24.4 Å². The molecule has 3 aromatic rings. The molecular formula is C23H26O7. The largest absolute Gasteiger partial charge is 0.507 e. The first-order chi connectivity index (χ1) is 14.5. The first-order valence-corrected chi connectivity index (χ1v) is 10.0. The molecule has 0 amide bonds. The highest BCUT2D eigenvalue weighted by Crippen LogP contribution is 2.40. The van der Waals surface area contributed by atoms with Gasteiger partial charge in [0.2, 0.25) is 11.2 Å². The van der Waals surface area contributed by atoms with Crippen LogP contribution in [-0.2, 0) is 0 Å².